The number of fused-ring (bicyclic) bond motifs is 14. The van der Waals surface area contributed by atoms with E-state index in [0.29, 0.717) is 0 Å². The Kier molecular flexibility index (Phi) is 3.78. The number of benzene rings is 6. The third kappa shape index (κ3) is 2.59. The van der Waals surface area contributed by atoms with Gasteiger partial charge in [-0.1, -0.05) is 72.8 Å². The minimum Gasteiger partial charge on any atom is -0.456 e. The van der Waals surface area contributed by atoms with Gasteiger partial charge < -0.3 is 8.98 Å². The maximum Gasteiger partial charge on any atom is 0.165 e. The summed E-state index contributed by atoms with van der Waals surface area (Å²) in [6, 6.07) is 42.8. The van der Waals surface area contributed by atoms with Crippen LogP contribution in [0.4, 0.5) is 0 Å². The molecule has 11 rings (SSSR count). The van der Waals surface area contributed by atoms with E-state index in [1.807, 2.05) is 36.4 Å². The van der Waals surface area contributed by atoms with E-state index in [2.05, 4.69) is 93.9 Å². The van der Waals surface area contributed by atoms with Crippen molar-refractivity contribution in [1.82, 2.24) is 18.9 Å². The van der Waals surface area contributed by atoms with Gasteiger partial charge in [-0.25, -0.2) is 9.97 Å². The van der Waals surface area contributed by atoms with Gasteiger partial charge in [0.15, 0.2) is 5.65 Å². The number of hydrogen-bond donors (Lipinski definition) is 0. The van der Waals surface area contributed by atoms with Gasteiger partial charge in [0.05, 0.1) is 33.1 Å². The second kappa shape index (κ2) is 7.46. The molecule has 0 radical (unpaired) electrons. The predicted molar refractivity (Wildman–Crippen MR) is 176 cm³/mol. The van der Waals surface area contributed by atoms with E-state index in [0.717, 1.165) is 60.7 Å². The molecule has 0 aliphatic heterocycles. The van der Waals surface area contributed by atoms with Crippen LogP contribution in [0, 0.1) is 0 Å². The summed E-state index contributed by atoms with van der Waals surface area (Å²) in [6.07, 6.45) is 0. The molecule has 0 saturated heterocycles. The zero-order valence-corrected chi connectivity index (χ0v) is 22.7. The minimum atomic E-state index is 0.888. The van der Waals surface area contributed by atoms with Gasteiger partial charge in [-0.2, -0.15) is 0 Å². The van der Waals surface area contributed by atoms with E-state index < -0.39 is 0 Å². The average molecular weight is 549 g/mol. The van der Waals surface area contributed by atoms with Crippen molar-refractivity contribution in [2.75, 3.05) is 0 Å². The lowest BCUT2D eigenvalue weighted by molar-refractivity contribution is 0.668. The van der Waals surface area contributed by atoms with Gasteiger partial charge in [0, 0.05) is 49.5 Å². The van der Waals surface area contributed by atoms with Crippen LogP contribution in [0.5, 0.6) is 0 Å². The Balaban J connectivity index is 1.34. The van der Waals surface area contributed by atoms with Crippen LogP contribution in [0.1, 0.15) is 0 Å². The SMILES string of the molecule is c1ccc2nc3c(nc2c1)c1cccc2c4c5c(ccc4n3c12)c1ccccc1n5-c1ccc2c(c1)oc1ccccc12. The molecule has 0 bridgehead atoms. The molecule has 5 heterocycles. The van der Waals surface area contributed by atoms with Crippen LogP contribution in [0.2, 0.25) is 0 Å². The lowest BCUT2D eigenvalue weighted by Gasteiger charge is -2.09. The average Bonchev–Trinajstić information content (AvgIpc) is 3.78. The van der Waals surface area contributed by atoms with Crippen LogP contribution < -0.4 is 0 Å². The molecule has 0 amide bonds. The molecule has 0 atom stereocenters. The highest BCUT2D eigenvalue weighted by molar-refractivity contribution is 6.30. The van der Waals surface area contributed by atoms with Crippen LogP contribution >= 0.6 is 0 Å². The molecule has 0 fully saturated rings. The largest absolute Gasteiger partial charge is 0.456 e. The van der Waals surface area contributed by atoms with Crippen LogP contribution in [-0.2, 0) is 0 Å². The number of para-hydroxylation sites is 5. The predicted octanol–water partition coefficient (Wildman–Crippen LogP) is 9.78. The summed E-state index contributed by atoms with van der Waals surface area (Å²) in [5.74, 6) is 0. The fraction of sp³-hybridized carbons (Fsp3) is 0. The van der Waals surface area contributed by atoms with Crippen molar-refractivity contribution < 1.29 is 4.42 Å². The van der Waals surface area contributed by atoms with E-state index in [1.165, 1.54) is 38.1 Å². The lowest BCUT2D eigenvalue weighted by Crippen LogP contribution is -1.94. The van der Waals surface area contributed by atoms with Crippen LogP contribution in [0.3, 0.4) is 0 Å². The van der Waals surface area contributed by atoms with Crippen LogP contribution in [-0.4, -0.2) is 18.9 Å². The number of aromatic nitrogens is 4. The molecule has 0 unspecified atom stereocenters. The van der Waals surface area contributed by atoms with Crippen molar-refractivity contribution in [3.63, 3.8) is 0 Å². The van der Waals surface area contributed by atoms with Crippen LogP contribution in [0.15, 0.2) is 126 Å². The van der Waals surface area contributed by atoms with Crippen molar-refractivity contribution in [2.45, 2.75) is 0 Å². The Morgan fingerprint density at radius 1 is 0.488 bits per heavy atom. The summed E-state index contributed by atoms with van der Waals surface area (Å²) < 4.78 is 11.1. The normalized spacial score (nSPS) is 12.7. The highest BCUT2D eigenvalue weighted by atomic mass is 16.3. The quantitative estimate of drug-likeness (QED) is 0.205. The fourth-order valence-corrected chi connectivity index (χ4v) is 7.47. The number of hydrogen-bond acceptors (Lipinski definition) is 3. The summed E-state index contributed by atoms with van der Waals surface area (Å²) >= 11 is 0. The van der Waals surface area contributed by atoms with Crippen molar-refractivity contribution >= 4 is 93.1 Å². The smallest absolute Gasteiger partial charge is 0.165 e. The molecule has 0 aliphatic rings. The Bertz CT molecular complexity index is 2960. The van der Waals surface area contributed by atoms with Gasteiger partial charge >= 0.3 is 0 Å². The molecule has 0 N–H and O–H groups in total. The minimum absolute atomic E-state index is 0.888. The molecular weight excluding hydrogens is 528 g/mol. The van der Waals surface area contributed by atoms with Gasteiger partial charge in [0.1, 0.15) is 16.7 Å². The third-order valence-electron chi connectivity index (χ3n) is 9.22. The van der Waals surface area contributed by atoms with Gasteiger partial charge in [-0.3, -0.25) is 4.40 Å². The maximum absolute atomic E-state index is 6.34. The van der Waals surface area contributed by atoms with E-state index in [4.69, 9.17) is 14.4 Å². The van der Waals surface area contributed by atoms with Crippen LogP contribution in [0.25, 0.3) is 98.8 Å². The second-order valence-corrected chi connectivity index (χ2v) is 11.4. The maximum atomic E-state index is 6.34. The standard InChI is InChI=1S/C38H20N4O/c1-5-14-30-22(8-1)25-18-19-31-34(37(25)41(30)21-16-17-24-23-9-2-6-15-32(23)43-33(24)20-21)26-10-7-11-27-35-38(42(31)36(26)27)40-29-13-4-3-12-28(29)39-35/h1-20H. The number of nitrogens with zero attached hydrogens (tertiary/aromatic N) is 4. The molecule has 11 aromatic rings. The first-order valence-electron chi connectivity index (χ1n) is 14.5. The molecule has 0 aliphatic carbocycles. The summed E-state index contributed by atoms with van der Waals surface area (Å²) in [7, 11) is 0. The van der Waals surface area contributed by atoms with E-state index in [1.54, 1.807) is 0 Å². The molecule has 0 saturated carbocycles. The molecule has 6 aromatic carbocycles. The molecule has 5 heteroatoms. The van der Waals surface area contributed by atoms with E-state index in [9.17, 15) is 0 Å². The third-order valence-corrected chi connectivity index (χ3v) is 9.22. The second-order valence-electron chi connectivity index (χ2n) is 11.4. The molecule has 5 nitrogen and oxygen atoms in total. The Morgan fingerprint density at radius 2 is 1.21 bits per heavy atom. The van der Waals surface area contributed by atoms with Crippen molar-refractivity contribution in [3.05, 3.63) is 121 Å². The van der Waals surface area contributed by atoms with Crippen molar-refractivity contribution in [1.29, 1.82) is 0 Å². The Labute approximate surface area is 243 Å². The monoisotopic (exact) mass is 548 g/mol. The highest BCUT2D eigenvalue weighted by Gasteiger charge is 2.24. The Morgan fingerprint density at radius 3 is 2.14 bits per heavy atom. The first kappa shape index (κ1) is 21.8. The van der Waals surface area contributed by atoms with Crippen molar-refractivity contribution in [2.24, 2.45) is 0 Å². The summed E-state index contributed by atoms with van der Waals surface area (Å²) in [4.78, 5) is 10.2. The van der Waals surface area contributed by atoms with E-state index >= 15 is 0 Å². The zero-order valence-electron chi connectivity index (χ0n) is 22.7. The van der Waals surface area contributed by atoms with Gasteiger partial charge in [0.25, 0.3) is 0 Å². The van der Waals surface area contributed by atoms with Gasteiger partial charge in [0.2, 0.25) is 0 Å². The topological polar surface area (TPSA) is 48.3 Å². The molecule has 198 valence electrons. The molecular formula is C38H20N4O. The molecule has 43 heavy (non-hydrogen) atoms. The lowest BCUT2D eigenvalue weighted by atomic mass is 10.1. The number of rotatable bonds is 1. The summed E-state index contributed by atoms with van der Waals surface area (Å²) in [6.45, 7) is 0. The Hall–Kier alpha value is -5.94. The summed E-state index contributed by atoms with van der Waals surface area (Å²) in [5, 5.41) is 8.27. The first-order chi connectivity index (χ1) is 21.3. The number of furan rings is 1. The zero-order chi connectivity index (χ0) is 27.8. The fourth-order valence-electron chi connectivity index (χ4n) is 7.47. The van der Waals surface area contributed by atoms with Crippen molar-refractivity contribution in [3.8, 4) is 5.69 Å². The summed E-state index contributed by atoms with van der Waals surface area (Å²) in [5.41, 5.74) is 11.2. The molecule has 5 aromatic heterocycles. The highest BCUT2D eigenvalue weighted by Crippen LogP contribution is 2.44. The van der Waals surface area contributed by atoms with Gasteiger partial charge in [-0.15, -0.1) is 0 Å². The molecule has 0 spiro atoms. The van der Waals surface area contributed by atoms with E-state index in [-0.39, 0.29) is 0 Å². The first-order valence-corrected chi connectivity index (χ1v) is 14.5. The van der Waals surface area contributed by atoms with Gasteiger partial charge in [-0.05, 0) is 42.5 Å².